The van der Waals surface area contributed by atoms with Crippen LogP contribution in [0.5, 0.6) is 5.75 Å². The smallest absolute Gasteiger partial charge is 0.278 e. The third-order valence-electron chi connectivity index (χ3n) is 4.39. The molecule has 0 spiro atoms. The van der Waals surface area contributed by atoms with Crippen LogP contribution in [0.2, 0.25) is 0 Å². The van der Waals surface area contributed by atoms with Crippen molar-refractivity contribution in [3.63, 3.8) is 0 Å². The largest absolute Gasteiger partial charge is 0.768 e. The van der Waals surface area contributed by atoms with Gasteiger partial charge in [0.2, 0.25) is 0 Å². The normalized spacial score (nSPS) is 11.9. The predicted octanol–water partition coefficient (Wildman–Crippen LogP) is 2.29. The van der Waals surface area contributed by atoms with E-state index in [9.17, 15) is 13.6 Å². The van der Waals surface area contributed by atoms with E-state index in [4.69, 9.17) is 10.5 Å². The van der Waals surface area contributed by atoms with Crippen LogP contribution in [0.4, 0.5) is 11.5 Å². The summed E-state index contributed by atoms with van der Waals surface area (Å²) in [5.74, 6) is -0.0141. The highest BCUT2D eigenvalue weighted by Crippen LogP contribution is 2.30. The molecule has 1 unspecified atom stereocenters. The van der Waals surface area contributed by atoms with Crippen LogP contribution in [0.15, 0.2) is 53.6 Å². The Labute approximate surface area is 182 Å². The van der Waals surface area contributed by atoms with E-state index in [1.165, 1.54) is 25.4 Å². The lowest BCUT2D eigenvalue weighted by molar-refractivity contribution is 0.102. The second-order valence-corrected chi connectivity index (χ2v) is 7.88. The van der Waals surface area contributed by atoms with Gasteiger partial charge in [-0.05, 0) is 43.4 Å². The van der Waals surface area contributed by atoms with Crippen molar-refractivity contribution in [2.75, 3.05) is 32.3 Å². The number of amides is 1. The number of carbonyl (C=O) groups is 1. The number of rotatable bonds is 7. The number of hydrogen-bond donors (Lipinski definition) is 2. The molecule has 0 radical (unpaired) electrons. The molecule has 10 heteroatoms. The minimum Gasteiger partial charge on any atom is -0.768 e. The summed E-state index contributed by atoms with van der Waals surface area (Å²) in [5.41, 5.74) is 8.23. The van der Waals surface area contributed by atoms with E-state index in [1.807, 2.05) is 31.1 Å². The molecule has 1 atom stereocenters. The number of para-hydroxylation sites is 1. The Hall–Kier alpha value is -3.34. The van der Waals surface area contributed by atoms with E-state index in [0.29, 0.717) is 29.2 Å². The van der Waals surface area contributed by atoms with Crippen molar-refractivity contribution in [1.82, 2.24) is 14.9 Å². The van der Waals surface area contributed by atoms with E-state index in [1.54, 1.807) is 18.2 Å². The quantitative estimate of drug-likeness (QED) is 0.535. The van der Waals surface area contributed by atoms with Gasteiger partial charge in [-0.15, -0.1) is 0 Å². The lowest BCUT2D eigenvalue weighted by atomic mass is 10.1. The third-order valence-corrected chi connectivity index (χ3v) is 5.05. The summed E-state index contributed by atoms with van der Waals surface area (Å²) in [5, 5.41) is 2.79. The van der Waals surface area contributed by atoms with E-state index < -0.39 is 17.0 Å². The van der Waals surface area contributed by atoms with E-state index >= 15 is 0 Å². The maximum absolute atomic E-state index is 12.9. The first-order valence-corrected chi connectivity index (χ1v) is 10.3. The molecule has 31 heavy (non-hydrogen) atoms. The van der Waals surface area contributed by atoms with Crippen LogP contribution in [-0.2, 0) is 17.6 Å². The first-order valence-electron chi connectivity index (χ1n) is 9.24. The molecule has 0 bridgehead atoms. The Morgan fingerprint density at radius 3 is 2.55 bits per heavy atom. The second-order valence-electron chi connectivity index (χ2n) is 6.94. The van der Waals surface area contributed by atoms with Gasteiger partial charge in [0, 0.05) is 22.6 Å². The van der Waals surface area contributed by atoms with Crippen LogP contribution in [0.25, 0.3) is 11.3 Å². The van der Waals surface area contributed by atoms with Crippen LogP contribution < -0.4 is 15.8 Å². The molecule has 0 aliphatic heterocycles. The van der Waals surface area contributed by atoms with Crippen molar-refractivity contribution in [3.8, 4) is 17.0 Å². The molecule has 162 valence electrons. The Bertz CT molecular complexity index is 1120. The van der Waals surface area contributed by atoms with Crippen LogP contribution in [0.3, 0.4) is 0 Å². The summed E-state index contributed by atoms with van der Waals surface area (Å²) >= 11 is -2.33. The molecule has 0 saturated carbocycles. The fraction of sp³-hybridized carbons (Fsp3) is 0.190. The molecule has 1 aromatic heterocycles. The number of anilines is 2. The van der Waals surface area contributed by atoms with Gasteiger partial charge in [0.25, 0.3) is 5.91 Å². The number of ether oxygens (including phenoxy) is 1. The number of nitrogens with zero attached hydrogens (tertiary/aromatic N) is 3. The number of benzene rings is 2. The zero-order chi connectivity index (χ0) is 22.5. The molecule has 1 heterocycles. The highest BCUT2D eigenvalue weighted by Gasteiger charge is 2.18. The molecular weight excluding hydrogens is 418 g/mol. The Morgan fingerprint density at radius 1 is 1.23 bits per heavy atom. The molecule has 0 aliphatic carbocycles. The summed E-state index contributed by atoms with van der Waals surface area (Å²) < 4.78 is 27.6. The average Bonchev–Trinajstić information content (AvgIpc) is 2.74. The van der Waals surface area contributed by atoms with Gasteiger partial charge >= 0.3 is 0 Å². The van der Waals surface area contributed by atoms with Gasteiger partial charge in [0.05, 0.1) is 24.7 Å². The third kappa shape index (κ3) is 5.23. The molecule has 0 fully saturated rings. The second kappa shape index (κ2) is 9.65. The fourth-order valence-electron chi connectivity index (χ4n) is 3.01. The van der Waals surface area contributed by atoms with Gasteiger partial charge in [0.15, 0.2) is 11.5 Å². The number of methoxy groups -OCH3 is 1. The minimum atomic E-state index is -2.33. The van der Waals surface area contributed by atoms with Crippen LogP contribution in [0, 0.1) is 0 Å². The van der Waals surface area contributed by atoms with E-state index in [-0.39, 0.29) is 16.4 Å². The molecule has 9 nitrogen and oxygen atoms in total. The molecule has 0 aliphatic rings. The summed E-state index contributed by atoms with van der Waals surface area (Å²) in [4.78, 5) is 23.5. The van der Waals surface area contributed by atoms with Gasteiger partial charge in [-0.3, -0.25) is 9.00 Å². The standard InChI is InChI=1S/C21H23N5O4S/c1-26(2)12-14-5-4-6-16(19(14)30-3)25-21(27)18-20(22)23-11-17(24-18)13-7-9-15(10-8-13)31(28)29/h4-11H,12H2,1-3H3,(H2,22,23)(H,25,27)(H,28,29)/p-1. The Morgan fingerprint density at radius 2 is 1.94 bits per heavy atom. The van der Waals surface area contributed by atoms with Gasteiger partial charge in [-0.2, -0.15) is 0 Å². The lowest BCUT2D eigenvalue weighted by Gasteiger charge is -2.17. The zero-order valence-corrected chi connectivity index (χ0v) is 18.1. The zero-order valence-electron chi connectivity index (χ0n) is 17.3. The maximum Gasteiger partial charge on any atom is 0.278 e. The topological polar surface area (TPSA) is 134 Å². The summed E-state index contributed by atoms with van der Waals surface area (Å²) in [6.45, 7) is 0.633. The summed E-state index contributed by atoms with van der Waals surface area (Å²) in [7, 11) is 5.42. The molecule has 0 saturated heterocycles. The number of carbonyl (C=O) groups excluding carboxylic acids is 1. The Kier molecular flexibility index (Phi) is 6.95. The lowest BCUT2D eigenvalue weighted by Crippen LogP contribution is -2.18. The molecule has 3 aromatic rings. The summed E-state index contributed by atoms with van der Waals surface area (Å²) in [6.07, 6.45) is 1.42. The molecule has 3 rings (SSSR count). The molecule has 2 aromatic carbocycles. The SMILES string of the molecule is COc1c(CN(C)C)cccc1NC(=O)c1nc(-c2ccc(S(=O)[O-])cc2)cnc1N. The van der Waals surface area contributed by atoms with Crippen molar-refractivity contribution >= 4 is 28.5 Å². The molecule has 1 amide bonds. The number of nitrogens with one attached hydrogen (secondary N) is 1. The van der Waals surface area contributed by atoms with Crippen molar-refractivity contribution in [2.24, 2.45) is 0 Å². The number of nitrogen functional groups attached to an aromatic ring is 1. The van der Waals surface area contributed by atoms with Gasteiger partial charge in [0.1, 0.15) is 5.75 Å². The molecular formula is C21H22N5O4S-. The van der Waals surface area contributed by atoms with Crippen molar-refractivity contribution < 1.29 is 18.3 Å². The molecule has 3 N–H and O–H groups in total. The van der Waals surface area contributed by atoms with Gasteiger partial charge < -0.3 is 25.2 Å². The van der Waals surface area contributed by atoms with E-state index in [2.05, 4.69) is 15.3 Å². The first-order chi connectivity index (χ1) is 14.8. The monoisotopic (exact) mass is 440 g/mol. The minimum absolute atomic E-state index is 0.0260. The number of aromatic nitrogens is 2. The maximum atomic E-state index is 12.9. The highest BCUT2D eigenvalue weighted by molar-refractivity contribution is 7.79. The van der Waals surface area contributed by atoms with Gasteiger partial charge in [-0.25, -0.2) is 9.97 Å². The fourth-order valence-corrected chi connectivity index (χ4v) is 3.37. The highest BCUT2D eigenvalue weighted by atomic mass is 32.2. The van der Waals surface area contributed by atoms with Crippen molar-refractivity contribution in [3.05, 3.63) is 59.9 Å². The number of hydrogen-bond acceptors (Lipinski definition) is 8. The average molecular weight is 441 g/mol. The van der Waals surface area contributed by atoms with Crippen molar-refractivity contribution in [2.45, 2.75) is 11.4 Å². The van der Waals surface area contributed by atoms with Crippen molar-refractivity contribution in [1.29, 1.82) is 0 Å². The Balaban J connectivity index is 1.91. The van der Waals surface area contributed by atoms with Gasteiger partial charge in [-0.1, -0.05) is 24.3 Å². The first kappa shape index (κ1) is 22.3. The van der Waals surface area contributed by atoms with Crippen LogP contribution in [-0.4, -0.2) is 50.7 Å². The summed E-state index contributed by atoms with van der Waals surface area (Å²) in [6, 6.07) is 11.5. The number of nitrogens with two attached hydrogens (primary N) is 1. The predicted molar refractivity (Wildman–Crippen MR) is 117 cm³/mol. The van der Waals surface area contributed by atoms with E-state index in [0.717, 1.165) is 5.56 Å². The van der Waals surface area contributed by atoms with Crippen LogP contribution >= 0.6 is 0 Å². The van der Waals surface area contributed by atoms with Crippen LogP contribution in [0.1, 0.15) is 16.1 Å².